The van der Waals surface area contributed by atoms with Crippen LogP contribution in [0.1, 0.15) is 19.4 Å². The molecule has 2 saturated heterocycles. The topological polar surface area (TPSA) is 70.2 Å². The number of ether oxygens (including phenoxy) is 1. The summed E-state index contributed by atoms with van der Waals surface area (Å²) in [4.78, 5) is 41.2. The zero-order valence-electron chi connectivity index (χ0n) is 13.8. The van der Waals surface area contributed by atoms with Crippen molar-refractivity contribution in [3.63, 3.8) is 0 Å². The van der Waals surface area contributed by atoms with E-state index in [9.17, 15) is 14.4 Å². The van der Waals surface area contributed by atoms with E-state index < -0.39 is 12.1 Å². The fourth-order valence-corrected chi connectivity index (χ4v) is 3.07. The number of benzene rings is 1. The van der Waals surface area contributed by atoms with E-state index in [-0.39, 0.29) is 31.1 Å². The van der Waals surface area contributed by atoms with Gasteiger partial charge in [-0.3, -0.25) is 9.69 Å². The van der Waals surface area contributed by atoms with Crippen LogP contribution in [0.4, 0.5) is 9.59 Å². The average Bonchev–Trinajstić information content (AvgIpc) is 2.84. The number of piperazine rings is 1. The molecule has 1 atom stereocenters. The van der Waals surface area contributed by atoms with E-state index in [1.54, 1.807) is 18.7 Å². The van der Waals surface area contributed by atoms with Crippen LogP contribution in [0.25, 0.3) is 0 Å². The van der Waals surface area contributed by atoms with Crippen molar-refractivity contribution in [2.75, 3.05) is 19.6 Å². The molecule has 2 heterocycles. The van der Waals surface area contributed by atoms with Gasteiger partial charge in [0, 0.05) is 19.1 Å². The summed E-state index contributed by atoms with van der Waals surface area (Å²) < 4.78 is 5.31. The first-order valence-electron chi connectivity index (χ1n) is 8.08. The van der Waals surface area contributed by atoms with Crippen molar-refractivity contribution in [1.29, 1.82) is 0 Å². The predicted molar refractivity (Wildman–Crippen MR) is 86.1 cm³/mol. The summed E-state index contributed by atoms with van der Waals surface area (Å²) >= 11 is 0. The molecule has 7 nitrogen and oxygen atoms in total. The van der Waals surface area contributed by atoms with Gasteiger partial charge in [-0.2, -0.15) is 0 Å². The maximum atomic E-state index is 12.4. The Balaban J connectivity index is 1.61. The SMILES string of the molecule is CC(C)N1C(=O)[C@@H]2CN(C(=O)OCc3ccccc3)CCN2C1=O. The van der Waals surface area contributed by atoms with Crippen molar-refractivity contribution in [1.82, 2.24) is 14.7 Å². The van der Waals surface area contributed by atoms with Gasteiger partial charge in [0.1, 0.15) is 12.6 Å². The van der Waals surface area contributed by atoms with Crippen molar-refractivity contribution in [3.8, 4) is 0 Å². The normalized spacial score (nSPS) is 20.6. The molecule has 2 aliphatic rings. The lowest BCUT2D eigenvalue weighted by molar-refractivity contribution is -0.130. The first-order valence-corrected chi connectivity index (χ1v) is 8.08. The van der Waals surface area contributed by atoms with Crippen LogP contribution in [0.2, 0.25) is 0 Å². The third kappa shape index (κ3) is 2.93. The summed E-state index contributed by atoms with van der Waals surface area (Å²) in [7, 11) is 0. The van der Waals surface area contributed by atoms with Gasteiger partial charge < -0.3 is 14.5 Å². The fourth-order valence-electron chi connectivity index (χ4n) is 3.07. The standard InChI is InChI=1S/C17H21N3O4/c1-12(2)20-15(21)14-10-18(8-9-19(14)16(20)22)17(23)24-11-13-6-4-3-5-7-13/h3-7,12,14H,8-11H2,1-2H3/t14-/m0/s1. The monoisotopic (exact) mass is 331 g/mol. The van der Waals surface area contributed by atoms with Gasteiger partial charge in [0.15, 0.2) is 0 Å². The highest BCUT2D eigenvalue weighted by molar-refractivity contribution is 6.05. The summed E-state index contributed by atoms with van der Waals surface area (Å²) in [5.41, 5.74) is 0.905. The van der Waals surface area contributed by atoms with E-state index in [1.165, 1.54) is 9.80 Å². The highest BCUT2D eigenvalue weighted by atomic mass is 16.6. The summed E-state index contributed by atoms with van der Waals surface area (Å²) in [5, 5.41) is 0. The fraction of sp³-hybridized carbons (Fsp3) is 0.471. The molecular formula is C17H21N3O4. The molecule has 4 amide bonds. The molecule has 128 valence electrons. The largest absolute Gasteiger partial charge is 0.445 e. The second-order valence-electron chi connectivity index (χ2n) is 6.28. The van der Waals surface area contributed by atoms with Crippen LogP contribution in [-0.4, -0.2) is 64.4 Å². The highest BCUT2D eigenvalue weighted by Crippen LogP contribution is 2.24. The molecule has 0 N–H and O–H groups in total. The second-order valence-corrected chi connectivity index (χ2v) is 6.28. The molecule has 1 aromatic carbocycles. The molecule has 0 aromatic heterocycles. The third-order valence-corrected chi connectivity index (χ3v) is 4.33. The number of carbonyl (C=O) groups is 3. The Morgan fingerprint density at radius 2 is 1.92 bits per heavy atom. The number of hydrogen-bond acceptors (Lipinski definition) is 4. The summed E-state index contributed by atoms with van der Waals surface area (Å²) in [5.74, 6) is -0.240. The van der Waals surface area contributed by atoms with Gasteiger partial charge in [0.25, 0.3) is 5.91 Å². The van der Waals surface area contributed by atoms with E-state index in [0.29, 0.717) is 13.1 Å². The Hall–Kier alpha value is -2.57. The van der Waals surface area contributed by atoms with Crippen LogP contribution < -0.4 is 0 Å². The minimum Gasteiger partial charge on any atom is -0.445 e. The van der Waals surface area contributed by atoms with Gasteiger partial charge in [-0.1, -0.05) is 30.3 Å². The number of nitrogens with zero attached hydrogens (tertiary/aromatic N) is 3. The Kier molecular flexibility index (Phi) is 4.42. The molecule has 2 fully saturated rings. The summed E-state index contributed by atoms with van der Waals surface area (Å²) in [6.45, 7) is 4.70. The van der Waals surface area contributed by atoms with Gasteiger partial charge in [-0.25, -0.2) is 9.59 Å². The van der Waals surface area contributed by atoms with Gasteiger partial charge in [-0.05, 0) is 19.4 Å². The summed E-state index contributed by atoms with van der Waals surface area (Å²) in [6.07, 6.45) is -0.457. The van der Waals surface area contributed by atoms with Crippen molar-refractivity contribution >= 4 is 18.0 Å². The molecule has 0 radical (unpaired) electrons. The smallest absolute Gasteiger partial charge is 0.410 e. The molecule has 0 unspecified atom stereocenters. The molecule has 3 rings (SSSR count). The minimum absolute atomic E-state index is 0.182. The van der Waals surface area contributed by atoms with Crippen molar-refractivity contribution in [3.05, 3.63) is 35.9 Å². The van der Waals surface area contributed by atoms with Crippen molar-refractivity contribution in [2.45, 2.75) is 32.5 Å². The Labute approximate surface area is 140 Å². The van der Waals surface area contributed by atoms with Gasteiger partial charge in [0.05, 0.1) is 6.54 Å². The van der Waals surface area contributed by atoms with Crippen LogP contribution in [-0.2, 0) is 16.1 Å². The Morgan fingerprint density at radius 1 is 1.21 bits per heavy atom. The lowest BCUT2D eigenvalue weighted by Gasteiger charge is -2.34. The van der Waals surface area contributed by atoms with E-state index in [0.717, 1.165) is 5.56 Å². The number of urea groups is 1. The van der Waals surface area contributed by atoms with Crippen LogP contribution >= 0.6 is 0 Å². The van der Waals surface area contributed by atoms with Crippen LogP contribution in [0.3, 0.4) is 0 Å². The maximum Gasteiger partial charge on any atom is 0.410 e. The number of fused-ring (bicyclic) bond motifs is 1. The van der Waals surface area contributed by atoms with E-state index in [1.807, 2.05) is 30.3 Å². The molecular weight excluding hydrogens is 310 g/mol. The minimum atomic E-state index is -0.599. The number of rotatable bonds is 3. The molecule has 0 bridgehead atoms. The van der Waals surface area contributed by atoms with E-state index in [2.05, 4.69) is 0 Å². The zero-order chi connectivity index (χ0) is 17.3. The van der Waals surface area contributed by atoms with Crippen molar-refractivity contribution in [2.24, 2.45) is 0 Å². The van der Waals surface area contributed by atoms with Crippen LogP contribution in [0.15, 0.2) is 30.3 Å². The average molecular weight is 331 g/mol. The van der Waals surface area contributed by atoms with Crippen molar-refractivity contribution < 1.29 is 19.1 Å². The zero-order valence-corrected chi connectivity index (χ0v) is 13.8. The number of amides is 4. The molecule has 2 aliphatic heterocycles. The summed E-state index contributed by atoms with van der Waals surface area (Å²) in [6, 6.07) is 8.37. The molecule has 7 heteroatoms. The quantitative estimate of drug-likeness (QED) is 0.790. The van der Waals surface area contributed by atoms with E-state index in [4.69, 9.17) is 4.74 Å². The molecule has 24 heavy (non-hydrogen) atoms. The number of carbonyl (C=O) groups excluding carboxylic acids is 3. The number of hydrogen-bond donors (Lipinski definition) is 0. The van der Waals surface area contributed by atoms with Gasteiger partial charge >= 0.3 is 12.1 Å². The van der Waals surface area contributed by atoms with Crippen LogP contribution in [0, 0.1) is 0 Å². The first kappa shape index (κ1) is 16.3. The first-order chi connectivity index (χ1) is 11.5. The lowest BCUT2D eigenvalue weighted by Crippen LogP contribution is -2.54. The molecule has 0 aliphatic carbocycles. The highest BCUT2D eigenvalue weighted by Gasteiger charge is 2.49. The molecule has 0 saturated carbocycles. The molecule has 0 spiro atoms. The Bertz CT molecular complexity index is 646. The number of imide groups is 1. The third-order valence-electron chi connectivity index (χ3n) is 4.33. The van der Waals surface area contributed by atoms with E-state index >= 15 is 0 Å². The van der Waals surface area contributed by atoms with Gasteiger partial charge in [-0.15, -0.1) is 0 Å². The second kappa shape index (κ2) is 6.51. The Morgan fingerprint density at radius 3 is 2.58 bits per heavy atom. The van der Waals surface area contributed by atoms with Gasteiger partial charge in [0.2, 0.25) is 0 Å². The molecule has 1 aromatic rings. The lowest BCUT2D eigenvalue weighted by atomic mass is 10.2. The van der Waals surface area contributed by atoms with Crippen LogP contribution in [0.5, 0.6) is 0 Å². The maximum absolute atomic E-state index is 12.4. The predicted octanol–water partition coefficient (Wildman–Crippen LogP) is 1.68.